The van der Waals surface area contributed by atoms with Crippen LogP contribution in [0.3, 0.4) is 0 Å². The Morgan fingerprint density at radius 2 is 1.85 bits per heavy atom. The Balaban J connectivity index is 1.59. The van der Waals surface area contributed by atoms with Crippen molar-refractivity contribution in [3.8, 4) is 17.3 Å². The number of carbonyl (C=O) groups is 1. The van der Waals surface area contributed by atoms with Gasteiger partial charge < -0.3 is 14.8 Å². The lowest BCUT2D eigenvalue weighted by Gasteiger charge is -2.17. The van der Waals surface area contributed by atoms with Gasteiger partial charge in [0.15, 0.2) is 9.84 Å². The summed E-state index contributed by atoms with van der Waals surface area (Å²) < 4.78 is 26.0. The molecule has 0 aliphatic carbocycles. The summed E-state index contributed by atoms with van der Waals surface area (Å²) in [6.07, 6.45) is 2.59. The lowest BCUT2D eigenvalue weighted by molar-refractivity contribution is 0.0916. The normalized spacial score (nSPS) is 12.4. The highest BCUT2D eigenvalue weighted by Gasteiger charge is 2.19. The average molecular weight is 545 g/mol. The van der Waals surface area contributed by atoms with Gasteiger partial charge in [-0.2, -0.15) is 5.26 Å². The van der Waals surface area contributed by atoms with Crippen molar-refractivity contribution < 1.29 is 18.3 Å². The SMILES string of the molecule is CCS(=O)(=O)c1ccc([C@H](CO)NC(=O)c2ccn3c(C)c(-c4ccc(CC(C)C)c(C#N)c4)nc3c2)cc1. The molecule has 2 aromatic heterocycles. The van der Waals surface area contributed by atoms with Crippen molar-refractivity contribution in [3.63, 3.8) is 0 Å². The number of pyridine rings is 1. The van der Waals surface area contributed by atoms with Gasteiger partial charge in [-0.3, -0.25) is 4.79 Å². The predicted octanol–water partition coefficient (Wildman–Crippen LogP) is 4.64. The van der Waals surface area contributed by atoms with Crippen LogP contribution in [0.1, 0.15) is 59.6 Å². The molecule has 0 unspecified atom stereocenters. The molecule has 4 rings (SSSR count). The van der Waals surface area contributed by atoms with E-state index in [0.717, 1.165) is 28.9 Å². The van der Waals surface area contributed by atoms with Gasteiger partial charge in [-0.15, -0.1) is 0 Å². The minimum absolute atomic E-state index is 0.00706. The van der Waals surface area contributed by atoms with Gasteiger partial charge in [-0.1, -0.05) is 45.0 Å². The van der Waals surface area contributed by atoms with Crippen LogP contribution in [0, 0.1) is 24.2 Å². The molecule has 4 aromatic rings. The number of aryl methyl sites for hydroxylation is 1. The van der Waals surface area contributed by atoms with E-state index in [1.165, 1.54) is 12.1 Å². The topological polar surface area (TPSA) is 125 Å². The van der Waals surface area contributed by atoms with Crippen LogP contribution in [-0.2, 0) is 16.3 Å². The summed E-state index contributed by atoms with van der Waals surface area (Å²) in [6, 6.07) is 16.9. The number of imidazole rings is 1. The highest BCUT2D eigenvalue weighted by Crippen LogP contribution is 2.27. The molecule has 9 heteroatoms. The second-order valence-corrected chi connectivity index (χ2v) is 12.2. The molecule has 1 amide bonds. The van der Waals surface area contributed by atoms with E-state index >= 15 is 0 Å². The summed E-state index contributed by atoms with van der Waals surface area (Å²) in [5, 5.41) is 22.4. The number of nitrogens with one attached hydrogen (secondary N) is 1. The van der Waals surface area contributed by atoms with Crippen LogP contribution in [0.5, 0.6) is 0 Å². The number of nitriles is 1. The molecule has 0 spiro atoms. The smallest absolute Gasteiger partial charge is 0.252 e. The van der Waals surface area contributed by atoms with Gasteiger partial charge in [0.05, 0.1) is 40.6 Å². The second kappa shape index (κ2) is 11.4. The molecule has 0 radical (unpaired) electrons. The fraction of sp³-hybridized carbons (Fsp3) is 0.300. The molecular weight excluding hydrogens is 512 g/mol. The number of hydrogen-bond donors (Lipinski definition) is 2. The predicted molar refractivity (Wildman–Crippen MR) is 150 cm³/mol. The Labute approximate surface area is 228 Å². The quantitative estimate of drug-likeness (QED) is 0.316. The molecule has 2 heterocycles. The van der Waals surface area contributed by atoms with Gasteiger partial charge in [-0.25, -0.2) is 13.4 Å². The van der Waals surface area contributed by atoms with E-state index in [0.29, 0.717) is 28.3 Å². The maximum Gasteiger partial charge on any atom is 0.252 e. The van der Waals surface area contributed by atoms with E-state index in [9.17, 15) is 23.6 Å². The molecule has 0 aliphatic heterocycles. The van der Waals surface area contributed by atoms with Crippen molar-refractivity contribution >= 4 is 21.4 Å². The molecule has 0 fully saturated rings. The number of sulfone groups is 1. The second-order valence-electron chi connectivity index (χ2n) is 9.95. The largest absolute Gasteiger partial charge is 0.394 e. The molecule has 1 atom stereocenters. The third kappa shape index (κ3) is 5.87. The van der Waals surface area contributed by atoms with Crippen molar-refractivity contribution in [3.05, 3.63) is 88.7 Å². The Kier molecular flexibility index (Phi) is 8.19. The summed E-state index contributed by atoms with van der Waals surface area (Å²) in [4.78, 5) is 18.0. The first-order valence-electron chi connectivity index (χ1n) is 12.8. The third-order valence-corrected chi connectivity index (χ3v) is 8.52. The van der Waals surface area contributed by atoms with Gasteiger partial charge >= 0.3 is 0 Å². The summed E-state index contributed by atoms with van der Waals surface area (Å²) >= 11 is 0. The molecule has 0 bridgehead atoms. The van der Waals surface area contributed by atoms with Crippen molar-refractivity contribution in [2.75, 3.05) is 12.4 Å². The maximum atomic E-state index is 13.1. The van der Waals surface area contributed by atoms with Crippen LogP contribution in [0.25, 0.3) is 16.9 Å². The van der Waals surface area contributed by atoms with Crippen LogP contribution in [0.2, 0.25) is 0 Å². The van der Waals surface area contributed by atoms with Gasteiger partial charge in [0.1, 0.15) is 5.65 Å². The zero-order valence-corrected chi connectivity index (χ0v) is 23.3. The Morgan fingerprint density at radius 3 is 2.46 bits per heavy atom. The van der Waals surface area contributed by atoms with Crippen LogP contribution < -0.4 is 5.32 Å². The van der Waals surface area contributed by atoms with Crippen LogP contribution in [-0.4, -0.2) is 41.2 Å². The van der Waals surface area contributed by atoms with E-state index in [1.54, 1.807) is 37.4 Å². The number of rotatable bonds is 9. The fourth-order valence-corrected chi connectivity index (χ4v) is 5.46. The van der Waals surface area contributed by atoms with Crippen molar-refractivity contribution in [2.24, 2.45) is 5.92 Å². The number of aliphatic hydroxyl groups excluding tert-OH is 1. The van der Waals surface area contributed by atoms with E-state index in [2.05, 4.69) is 25.2 Å². The van der Waals surface area contributed by atoms with E-state index in [4.69, 9.17) is 4.98 Å². The van der Waals surface area contributed by atoms with Gasteiger partial charge in [-0.05, 0) is 60.7 Å². The van der Waals surface area contributed by atoms with E-state index in [1.807, 2.05) is 29.5 Å². The minimum Gasteiger partial charge on any atom is -0.394 e. The van der Waals surface area contributed by atoms with Crippen molar-refractivity contribution in [1.29, 1.82) is 5.26 Å². The first-order chi connectivity index (χ1) is 18.6. The molecule has 0 saturated carbocycles. The molecular formula is C30H32N4O4S. The summed E-state index contributed by atoms with van der Waals surface area (Å²) in [7, 11) is -3.34. The standard InChI is InChI=1S/C30H32N4O4S/c1-5-39(37,38)26-10-8-21(9-11-26)27(18-35)32-30(36)24-12-13-34-20(4)29(33-28(34)16-24)23-7-6-22(14-19(2)3)25(15-23)17-31/h6-13,15-16,19,27,35H,5,14,18H2,1-4H3,(H,32,36)/t27-/m0/s1. The third-order valence-electron chi connectivity index (χ3n) is 6.77. The number of aliphatic hydroxyl groups is 1. The number of carbonyl (C=O) groups excluding carboxylic acids is 1. The number of aromatic nitrogens is 2. The number of benzene rings is 2. The molecule has 0 aliphatic rings. The first-order valence-corrected chi connectivity index (χ1v) is 14.5. The highest BCUT2D eigenvalue weighted by atomic mass is 32.2. The zero-order valence-electron chi connectivity index (χ0n) is 22.5. The first kappa shape index (κ1) is 28.0. The Morgan fingerprint density at radius 1 is 1.13 bits per heavy atom. The lowest BCUT2D eigenvalue weighted by Crippen LogP contribution is -2.30. The molecule has 2 aromatic carbocycles. The van der Waals surface area contributed by atoms with Gasteiger partial charge in [0, 0.05) is 23.0 Å². The van der Waals surface area contributed by atoms with Gasteiger partial charge in [0.2, 0.25) is 0 Å². The molecule has 202 valence electrons. The number of hydrogen-bond acceptors (Lipinski definition) is 6. The zero-order chi connectivity index (χ0) is 28.3. The molecule has 39 heavy (non-hydrogen) atoms. The molecule has 2 N–H and O–H groups in total. The number of nitrogens with zero attached hydrogens (tertiary/aromatic N) is 3. The fourth-order valence-electron chi connectivity index (χ4n) is 4.58. The minimum atomic E-state index is -3.34. The van der Waals surface area contributed by atoms with Crippen LogP contribution in [0.4, 0.5) is 0 Å². The van der Waals surface area contributed by atoms with Crippen molar-refractivity contribution in [1.82, 2.24) is 14.7 Å². The lowest BCUT2D eigenvalue weighted by atomic mass is 9.96. The van der Waals surface area contributed by atoms with Crippen LogP contribution >= 0.6 is 0 Å². The van der Waals surface area contributed by atoms with E-state index in [-0.39, 0.29) is 17.3 Å². The highest BCUT2D eigenvalue weighted by molar-refractivity contribution is 7.91. The van der Waals surface area contributed by atoms with Crippen molar-refractivity contribution in [2.45, 2.75) is 45.1 Å². The Bertz CT molecular complexity index is 1670. The van der Waals surface area contributed by atoms with Crippen LogP contribution in [0.15, 0.2) is 65.7 Å². The monoisotopic (exact) mass is 544 g/mol. The summed E-state index contributed by atoms with van der Waals surface area (Å²) in [5.41, 5.74) is 5.63. The average Bonchev–Trinajstić information content (AvgIpc) is 3.27. The van der Waals surface area contributed by atoms with Gasteiger partial charge in [0.25, 0.3) is 5.91 Å². The summed E-state index contributed by atoms with van der Waals surface area (Å²) in [6.45, 7) is 7.40. The molecule has 0 saturated heterocycles. The van der Waals surface area contributed by atoms with E-state index < -0.39 is 21.8 Å². The number of amides is 1. The number of fused-ring (bicyclic) bond motifs is 1. The molecule has 8 nitrogen and oxygen atoms in total. The maximum absolute atomic E-state index is 13.1. The Hall–Kier alpha value is -4.00. The summed E-state index contributed by atoms with van der Waals surface area (Å²) in [5.74, 6) is 0.0348.